The summed E-state index contributed by atoms with van der Waals surface area (Å²) in [4.78, 5) is 43.4. The van der Waals surface area contributed by atoms with Crippen LogP contribution in [0.15, 0.2) is 42.5 Å². The van der Waals surface area contributed by atoms with E-state index in [1.165, 1.54) is 4.90 Å². The molecule has 0 unspecified atom stereocenters. The number of nitrogens with two attached hydrogens (primary N) is 2. The van der Waals surface area contributed by atoms with Crippen LogP contribution in [0.25, 0.3) is 0 Å². The summed E-state index contributed by atoms with van der Waals surface area (Å²) < 4.78 is 9.71. The fourth-order valence-electron chi connectivity index (χ4n) is 4.70. The second-order valence-electron chi connectivity index (χ2n) is 9.93. The molecule has 11 heteroatoms. The van der Waals surface area contributed by atoms with Gasteiger partial charge in [-0.25, -0.2) is 0 Å². The van der Waals surface area contributed by atoms with Gasteiger partial charge in [-0.15, -0.1) is 0 Å². The molecule has 0 saturated carbocycles. The summed E-state index contributed by atoms with van der Waals surface area (Å²) in [6.45, 7) is 4.83. The van der Waals surface area contributed by atoms with Gasteiger partial charge < -0.3 is 26.4 Å². The molecule has 2 aromatic carbocycles. The zero-order valence-corrected chi connectivity index (χ0v) is 23.4. The molecule has 2 atom stereocenters. The summed E-state index contributed by atoms with van der Waals surface area (Å²) in [5.74, 6) is -1.75. The molecule has 39 heavy (non-hydrogen) atoms. The number of hydrogen-bond acceptors (Lipinski definition) is 8. The highest BCUT2D eigenvalue weighted by Gasteiger charge is 2.36. The number of hydrogen-bond donors (Lipinski definition) is 3. The number of nitrogens with one attached hydrogen (secondary N) is 1. The minimum Gasteiger partial charge on any atom is -0.395 e. The van der Waals surface area contributed by atoms with Gasteiger partial charge in [0.15, 0.2) is 5.69 Å². The van der Waals surface area contributed by atoms with Crippen LogP contribution < -0.4 is 26.6 Å². The van der Waals surface area contributed by atoms with Crippen molar-refractivity contribution in [2.75, 3.05) is 42.8 Å². The molecule has 0 bridgehead atoms. The van der Waals surface area contributed by atoms with Crippen LogP contribution in [0.2, 0.25) is 0 Å². The molecule has 1 aliphatic rings. The summed E-state index contributed by atoms with van der Waals surface area (Å²) in [6.07, 6.45) is 1.72. The first-order valence-corrected chi connectivity index (χ1v) is 13.5. The van der Waals surface area contributed by atoms with Gasteiger partial charge in [0.1, 0.15) is 10.9 Å². The number of nitrogens with zero attached hydrogens (tertiary/aromatic N) is 3. The van der Waals surface area contributed by atoms with E-state index in [-0.39, 0.29) is 28.3 Å². The number of carbonyl (C=O) groups excluding carboxylic acids is 3. The standard InChI is InChI=1S/C28H34N6O4S/c1-16-12-17(2)14-20(13-16)34(28(37)25-22(29)23(26(30)35)32-39-25)24(18-7-9-19(10-8-18)33(3)4)27(36)31-15-21-6-5-11-38-21/h7-10,12-14,21,24H,5-6,11,15,29H2,1-4H3,(H2,30,35)(H,31,36)/t21-,24+/m0/s1. The topological polar surface area (TPSA) is 144 Å². The van der Waals surface area contributed by atoms with Gasteiger partial charge in [0.25, 0.3) is 11.8 Å². The summed E-state index contributed by atoms with van der Waals surface area (Å²) in [5.41, 5.74) is 15.2. The first-order valence-electron chi connectivity index (χ1n) is 12.7. The van der Waals surface area contributed by atoms with Gasteiger partial charge in [-0.3, -0.25) is 19.3 Å². The van der Waals surface area contributed by atoms with Crippen molar-refractivity contribution >= 4 is 46.3 Å². The first-order chi connectivity index (χ1) is 18.6. The van der Waals surface area contributed by atoms with Crippen LogP contribution in [0, 0.1) is 13.8 Å². The Kier molecular flexibility index (Phi) is 8.51. The Bertz CT molecular complexity index is 1340. The smallest absolute Gasteiger partial charge is 0.273 e. The number of carbonyl (C=O) groups is 3. The first kappa shape index (κ1) is 28.1. The molecule has 4 rings (SSSR count). The Hall–Kier alpha value is -3.96. The number of primary amides is 1. The van der Waals surface area contributed by atoms with E-state index < -0.39 is 17.9 Å². The van der Waals surface area contributed by atoms with Crippen molar-refractivity contribution in [1.82, 2.24) is 9.69 Å². The van der Waals surface area contributed by atoms with Crippen LogP contribution in [0.3, 0.4) is 0 Å². The Labute approximate surface area is 232 Å². The van der Waals surface area contributed by atoms with E-state index in [1.54, 1.807) is 0 Å². The van der Waals surface area contributed by atoms with E-state index in [1.807, 2.05) is 75.3 Å². The van der Waals surface area contributed by atoms with Gasteiger partial charge in [0.05, 0.1) is 11.8 Å². The second kappa shape index (κ2) is 11.8. The monoisotopic (exact) mass is 550 g/mol. The molecule has 3 aromatic rings. The molecule has 10 nitrogen and oxygen atoms in total. The van der Waals surface area contributed by atoms with E-state index in [9.17, 15) is 14.4 Å². The Morgan fingerprint density at radius 3 is 2.31 bits per heavy atom. The van der Waals surface area contributed by atoms with Crippen molar-refractivity contribution in [2.45, 2.75) is 38.8 Å². The zero-order valence-electron chi connectivity index (χ0n) is 22.6. The summed E-state index contributed by atoms with van der Waals surface area (Å²) in [6, 6.07) is 12.1. The van der Waals surface area contributed by atoms with E-state index in [4.69, 9.17) is 16.2 Å². The number of nitrogen functional groups attached to an aromatic ring is 1. The molecule has 1 saturated heterocycles. The number of aromatic nitrogens is 1. The number of ether oxygens (including phenoxy) is 1. The third kappa shape index (κ3) is 6.21. The van der Waals surface area contributed by atoms with Crippen LogP contribution >= 0.6 is 11.5 Å². The van der Waals surface area contributed by atoms with Gasteiger partial charge in [-0.1, -0.05) is 18.2 Å². The predicted octanol–water partition coefficient (Wildman–Crippen LogP) is 3.19. The lowest BCUT2D eigenvalue weighted by molar-refractivity contribution is -0.123. The number of aryl methyl sites for hydroxylation is 2. The molecule has 1 aromatic heterocycles. The number of anilines is 3. The second-order valence-corrected chi connectivity index (χ2v) is 10.7. The van der Waals surface area contributed by atoms with Crippen molar-refractivity contribution in [1.29, 1.82) is 0 Å². The molecule has 0 radical (unpaired) electrons. The van der Waals surface area contributed by atoms with Crippen molar-refractivity contribution < 1.29 is 19.1 Å². The lowest BCUT2D eigenvalue weighted by Crippen LogP contribution is -2.45. The quantitative estimate of drug-likeness (QED) is 0.371. The average molecular weight is 551 g/mol. The number of benzene rings is 2. The molecule has 0 aliphatic carbocycles. The molecule has 2 heterocycles. The van der Waals surface area contributed by atoms with E-state index in [0.29, 0.717) is 24.4 Å². The summed E-state index contributed by atoms with van der Waals surface area (Å²) >= 11 is 0.783. The highest BCUT2D eigenvalue weighted by molar-refractivity contribution is 7.09. The lowest BCUT2D eigenvalue weighted by atomic mass is 10.0. The fraction of sp³-hybridized carbons (Fsp3) is 0.357. The maximum atomic E-state index is 14.2. The molecule has 0 spiro atoms. The highest BCUT2D eigenvalue weighted by Crippen LogP contribution is 2.34. The van der Waals surface area contributed by atoms with E-state index >= 15 is 0 Å². The number of rotatable bonds is 9. The van der Waals surface area contributed by atoms with Crippen molar-refractivity contribution in [2.24, 2.45) is 5.73 Å². The van der Waals surface area contributed by atoms with Crippen LogP contribution in [-0.4, -0.2) is 55.4 Å². The fourth-order valence-corrected chi connectivity index (χ4v) is 5.44. The van der Waals surface area contributed by atoms with Gasteiger partial charge >= 0.3 is 0 Å². The molecule has 3 amide bonds. The predicted molar refractivity (Wildman–Crippen MR) is 153 cm³/mol. The van der Waals surface area contributed by atoms with Crippen molar-refractivity contribution in [3.8, 4) is 0 Å². The van der Waals surface area contributed by atoms with Crippen molar-refractivity contribution in [3.05, 3.63) is 69.7 Å². The molecule has 1 aliphatic heterocycles. The van der Waals surface area contributed by atoms with Crippen LogP contribution in [0.4, 0.5) is 17.1 Å². The zero-order chi connectivity index (χ0) is 28.3. The Morgan fingerprint density at radius 2 is 1.77 bits per heavy atom. The lowest BCUT2D eigenvalue weighted by Gasteiger charge is -2.32. The largest absolute Gasteiger partial charge is 0.395 e. The van der Waals surface area contributed by atoms with Crippen LogP contribution in [0.5, 0.6) is 0 Å². The van der Waals surface area contributed by atoms with E-state index in [2.05, 4.69) is 9.69 Å². The van der Waals surface area contributed by atoms with Gasteiger partial charge in [0.2, 0.25) is 5.91 Å². The molecule has 206 valence electrons. The van der Waals surface area contributed by atoms with Gasteiger partial charge in [0, 0.05) is 38.6 Å². The normalized spacial score (nSPS) is 15.5. The minimum absolute atomic E-state index is 0.0322. The summed E-state index contributed by atoms with van der Waals surface area (Å²) in [5, 5.41) is 3.00. The maximum Gasteiger partial charge on any atom is 0.273 e. The average Bonchev–Trinajstić information content (AvgIpc) is 3.54. The molecule has 5 N–H and O–H groups in total. The SMILES string of the molecule is Cc1cc(C)cc(N(C(=O)c2snc(C(N)=O)c2N)[C@@H](C(=O)NC[C@@H]2CCCO2)c2ccc(N(C)C)cc2)c1. The summed E-state index contributed by atoms with van der Waals surface area (Å²) in [7, 11) is 3.85. The van der Waals surface area contributed by atoms with Crippen LogP contribution in [-0.2, 0) is 9.53 Å². The molecule has 1 fully saturated rings. The minimum atomic E-state index is -1.05. The van der Waals surface area contributed by atoms with Gasteiger partial charge in [-0.2, -0.15) is 4.37 Å². The van der Waals surface area contributed by atoms with Crippen LogP contribution in [0.1, 0.15) is 55.7 Å². The molecular weight excluding hydrogens is 516 g/mol. The van der Waals surface area contributed by atoms with Crippen molar-refractivity contribution in [3.63, 3.8) is 0 Å². The van der Waals surface area contributed by atoms with E-state index in [0.717, 1.165) is 41.2 Å². The Balaban J connectivity index is 1.85. The molecular formula is C28H34N6O4S. The van der Waals surface area contributed by atoms with Gasteiger partial charge in [-0.05, 0) is 79.2 Å². The third-order valence-electron chi connectivity index (χ3n) is 6.62. The third-order valence-corrected chi connectivity index (χ3v) is 7.47. The number of amides is 3. The maximum absolute atomic E-state index is 14.2. The highest BCUT2D eigenvalue weighted by atomic mass is 32.1. The Morgan fingerprint density at radius 1 is 1.10 bits per heavy atom.